The fourth-order valence-electron chi connectivity index (χ4n) is 0.209. The zero-order valence-corrected chi connectivity index (χ0v) is 6.66. The highest BCUT2D eigenvalue weighted by Gasteiger charge is 1.99. The number of aliphatic carboxylic acids is 2. The second-order valence-electron chi connectivity index (χ2n) is 1.24. The molecule has 4 nitrogen and oxygen atoms in total. The smallest absolute Gasteiger partial charge is 0.312 e. The van der Waals surface area contributed by atoms with E-state index >= 15 is 0 Å². The average molecular weight is 245 g/mol. The molecule has 0 aromatic carbocycles. The highest BCUT2D eigenvalue weighted by atomic mass is 127. The van der Waals surface area contributed by atoms with E-state index in [9.17, 15) is 9.59 Å². The molecule has 0 saturated heterocycles. The first-order valence-electron chi connectivity index (χ1n) is 2.10. The van der Waals surface area contributed by atoms with Crippen molar-refractivity contribution in [1.29, 1.82) is 0 Å². The van der Waals surface area contributed by atoms with Crippen molar-refractivity contribution >= 4 is 33.1 Å². The van der Waals surface area contributed by atoms with Gasteiger partial charge in [0, 0.05) is 0 Å². The summed E-state index contributed by atoms with van der Waals surface area (Å²) in [6, 6.07) is 0. The topological polar surface area (TPSA) is 74.6 Å². The summed E-state index contributed by atoms with van der Waals surface area (Å²) in [5.41, 5.74) is 0. The van der Waals surface area contributed by atoms with Crippen LogP contribution in [0.5, 0.6) is 0 Å². The van der Waals surface area contributed by atoms with Crippen molar-refractivity contribution in [3.05, 3.63) is 0 Å². The molecule has 9 heavy (non-hydrogen) atoms. The summed E-state index contributed by atoms with van der Waals surface area (Å²) in [6.07, 6.45) is 0. The highest BCUT2D eigenvalue weighted by molar-refractivity contribution is 14.2. The normalized spacial score (nSPS) is 8.89. The fourth-order valence-corrected chi connectivity index (χ4v) is 1.40. The fraction of sp³-hybridized carbons (Fsp3) is 0.500. The van der Waals surface area contributed by atoms with Crippen LogP contribution in [0.15, 0.2) is 0 Å². The van der Waals surface area contributed by atoms with Gasteiger partial charge in [0.15, 0.2) is 0 Å². The summed E-state index contributed by atoms with van der Waals surface area (Å²) in [5.74, 6) is -1.80. The van der Waals surface area contributed by atoms with Gasteiger partial charge in [-0.2, -0.15) is 0 Å². The van der Waals surface area contributed by atoms with Gasteiger partial charge in [0.1, 0.15) is 0 Å². The Balaban J connectivity index is 3.10. The van der Waals surface area contributed by atoms with E-state index < -0.39 is 33.1 Å². The number of halogens is 1. The second-order valence-corrected chi connectivity index (χ2v) is 3.85. The molecule has 0 aliphatic heterocycles. The van der Waals surface area contributed by atoms with Crippen LogP contribution in [0.3, 0.4) is 0 Å². The minimum absolute atomic E-state index is 0.0468. The standard InChI is InChI=1S/C4H6IO4/c6-3(7)1-5-2-4(8)9/h1-2H2,(H,6,7)(H,8,9). The van der Waals surface area contributed by atoms with Gasteiger partial charge in [0.05, 0.1) is 8.86 Å². The van der Waals surface area contributed by atoms with Crippen LogP contribution < -0.4 is 0 Å². The second kappa shape index (κ2) is 4.54. The first-order chi connectivity index (χ1) is 4.13. The molecule has 1 radical (unpaired) electrons. The Morgan fingerprint density at radius 1 is 1.11 bits per heavy atom. The van der Waals surface area contributed by atoms with Gasteiger partial charge in [-0.25, -0.2) is 0 Å². The Morgan fingerprint density at radius 3 is 1.67 bits per heavy atom. The van der Waals surface area contributed by atoms with E-state index in [0.29, 0.717) is 0 Å². The largest absolute Gasteiger partial charge is 0.481 e. The lowest BCUT2D eigenvalue weighted by Gasteiger charge is -1.89. The molecule has 0 aliphatic rings. The first kappa shape index (κ1) is 8.67. The minimum Gasteiger partial charge on any atom is -0.481 e. The van der Waals surface area contributed by atoms with Gasteiger partial charge in [-0.1, -0.05) is 0 Å². The van der Waals surface area contributed by atoms with Crippen LogP contribution in [-0.4, -0.2) is 31.0 Å². The predicted molar refractivity (Wildman–Crippen MR) is 39.0 cm³/mol. The molecule has 0 heterocycles. The number of carboxylic acid groups (broad SMARTS) is 2. The van der Waals surface area contributed by atoms with Crippen LogP contribution in [0.2, 0.25) is 0 Å². The van der Waals surface area contributed by atoms with Gasteiger partial charge in [-0.05, 0) is 0 Å². The molecule has 53 valence electrons. The van der Waals surface area contributed by atoms with Gasteiger partial charge in [0.25, 0.3) is 0 Å². The van der Waals surface area contributed by atoms with Crippen LogP contribution in [-0.2, 0) is 9.59 Å². The molecule has 0 amide bonds. The lowest BCUT2D eigenvalue weighted by molar-refractivity contribution is -0.134. The van der Waals surface area contributed by atoms with Crippen LogP contribution in [0.25, 0.3) is 0 Å². The van der Waals surface area contributed by atoms with Crippen molar-refractivity contribution in [1.82, 2.24) is 0 Å². The number of hydrogen-bond donors (Lipinski definition) is 2. The van der Waals surface area contributed by atoms with Gasteiger partial charge in [-0.3, -0.25) is 9.59 Å². The Labute approximate surface area is 62.1 Å². The molecule has 0 aromatic heterocycles. The molecule has 0 bridgehead atoms. The summed E-state index contributed by atoms with van der Waals surface area (Å²) < 4.78 is 0.0936. The van der Waals surface area contributed by atoms with Crippen molar-refractivity contribution in [2.45, 2.75) is 0 Å². The van der Waals surface area contributed by atoms with Gasteiger partial charge in [0.2, 0.25) is 0 Å². The SMILES string of the molecule is O=C(O)C[I]CC(=O)O. The summed E-state index contributed by atoms with van der Waals surface area (Å²) in [4.78, 5) is 19.6. The maximum absolute atomic E-state index is 9.82. The summed E-state index contributed by atoms with van der Waals surface area (Å²) in [6.45, 7) is 0. The van der Waals surface area contributed by atoms with Crippen LogP contribution in [0.1, 0.15) is 0 Å². The molecule has 0 fully saturated rings. The van der Waals surface area contributed by atoms with E-state index in [1.807, 2.05) is 0 Å². The van der Waals surface area contributed by atoms with Crippen LogP contribution in [0, 0.1) is 0 Å². The zero-order valence-electron chi connectivity index (χ0n) is 4.50. The van der Waals surface area contributed by atoms with Crippen molar-refractivity contribution < 1.29 is 19.8 Å². The third-order valence-electron chi connectivity index (χ3n) is 0.418. The Morgan fingerprint density at radius 2 is 1.44 bits per heavy atom. The van der Waals surface area contributed by atoms with E-state index in [-0.39, 0.29) is 8.86 Å². The lowest BCUT2D eigenvalue weighted by atomic mass is 10.8. The quantitative estimate of drug-likeness (QED) is 0.545. The number of rotatable bonds is 4. The molecule has 5 heteroatoms. The van der Waals surface area contributed by atoms with Crippen LogP contribution in [0.4, 0.5) is 0 Å². The number of hydrogen-bond acceptors (Lipinski definition) is 2. The van der Waals surface area contributed by atoms with Crippen LogP contribution >= 0.6 is 21.2 Å². The third-order valence-corrected chi connectivity index (χ3v) is 2.80. The number of carboxylic acids is 2. The Hall–Kier alpha value is -0.330. The van der Waals surface area contributed by atoms with Gasteiger partial charge >= 0.3 is 11.9 Å². The molecular weight excluding hydrogens is 239 g/mol. The van der Waals surface area contributed by atoms with Gasteiger partial charge < -0.3 is 10.2 Å². The molecule has 0 aromatic rings. The van der Waals surface area contributed by atoms with Crippen molar-refractivity contribution in [2.24, 2.45) is 0 Å². The Bertz CT molecular complexity index is 108. The summed E-state index contributed by atoms with van der Waals surface area (Å²) in [5, 5.41) is 16.1. The third kappa shape index (κ3) is 7.67. The summed E-state index contributed by atoms with van der Waals surface area (Å²) in [7, 11) is 0. The molecule has 0 rings (SSSR count). The molecule has 2 N–H and O–H groups in total. The number of carbonyl (C=O) groups is 2. The minimum atomic E-state index is -0.899. The molecule has 0 saturated carbocycles. The molecule has 0 atom stereocenters. The molecular formula is C4H6IO4. The maximum atomic E-state index is 9.82. The van der Waals surface area contributed by atoms with Crippen molar-refractivity contribution in [2.75, 3.05) is 8.86 Å². The molecule has 0 unspecified atom stereocenters. The molecule has 0 spiro atoms. The average Bonchev–Trinajstić information content (AvgIpc) is 1.63. The maximum Gasteiger partial charge on any atom is 0.312 e. The molecule has 0 aliphatic carbocycles. The zero-order chi connectivity index (χ0) is 7.28. The Kier molecular flexibility index (Phi) is 4.37. The van der Waals surface area contributed by atoms with Crippen molar-refractivity contribution in [3.8, 4) is 0 Å². The van der Waals surface area contributed by atoms with E-state index in [1.165, 1.54) is 0 Å². The van der Waals surface area contributed by atoms with Gasteiger partial charge in [-0.15, -0.1) is 21.2 Å². The van der Waals surface area contributed by atoms with E-state index in [1.54, 1.807) is 0 Å². The van der Waals surface area contributed by atoms with E-state index in [0.717, 1.165) is 0 Å². The lowest BCUT2D eigenvalue weighted by Crippen LogP contribution is -2.01. The van der Waals surface area contributed by atoms with Crippen molar-refractivity contribution in [3.63, 3.8) is 0 Å². The summed E-state index contributed by atoms with van der Waals surface area (Å²) >= 11 is -0.655. The predicted octanol–water partition coefficient (Wildman–Crippen LogP) is 0.126. The first-order valence-corrected chi connectivity index (χ1v) is 5.15. The number of alkyl halides is 2. The monoisotopic (exact) mass is 245 g/mol. The highest BCUT2D eigenvalue weighted by Crippen LogP contribution is 2.07. The van der Waals surface area contributed by atoms with E-state index in [4.69, 9.17) is 10.2 Å². The van der Waals surface area contributed by atoms with E-state index in [2.05, 4.69) is 0 Å².